The number of thiophene rings is 1. The molecule has 0 radical (unpaired) electrons. The van der Waals surface area contributed by atoms with E-state index in [0.717, 1.165) is 5.92 Å². The minimum absolute atomic E-state index is 0.688. The Morgan fingerprint density at radius 1 is 1.33 bits per heavy atom. The fourth-order valence-electron chi connectivity index (χ4n) is 1.17. The van der Waals surface area contributed by atoms with E-state index in [1.54, 1.807) is 0 Å². The summed E-state index contributed by atoms with van der Waals surface area (Å²) >= 11 is 1.90. The van der Waals surface area contributed by atoms with Gasteiger partial charge in [-0.1, -0.05) is 27.7 Å². The van der Waals surface area contributed by atoms with Crippen LogP contribution in [-0.4, -0.2) is 0 Å². The molecule has 0 bridgehead atoms. The Hall–Kier alpha value is -0.300. The number of hydrogen-bond acceptors (Lipinski definition) is 1. The molecule has 0 saturated heterocycles. The zero-order valence-electron chi connectivity index (χ0n) is 8.42. The van der Waals surface area contributed by atoms with Gasteiger partial charge in [0.05, 0.1) is 0 Å². The van der Waals surface area contributed by atoms with Crippen LogP contribution in [0.4, 0.5) is 0 Å². The van der Waals surface area contributed by atoms with Crippen LogP contribution in [0.25, 0.3) is 0 Å². The quantitative estimate of drug-likeness (QED) is 0.650. The average molecular weight is 182 g/mol. The molecule has 1 aromatic heterocycles. The topological polar surface area (TPSA) is 0 Å². The predicted octanol–water partition coefficient (Wildman–Crippen LogP) is 4.39. The maximum atomic E-state index is 2.36. The minimum Gasteiger partial charge on any atom is -0.148 e. The van der Waals surface area contributed by atoms with Gasteiger partial charge in [-0.15, -0.1) is 11.3 Å². The molecule has 0 nitrogen and oxygen atoms in total. The summed E-state index contributed by atoms with van der Waals surface area (Å²) in [7, 11) is 0. The van der Waals surface area contributed by atoms with Crippen molar-refractivity contribution < 1.29 is 0 Å². The van der Waals surface area contributed by atoms with Gasteiger partial charge in [0.2, 0.25) is 0 Å². The molecule has 0 saturated carbocycles. The summed E-state index contributed by atoms with van der Waals surface area (Å²) in [6, 6.07) is 2.36. The summed E-state index contributed by atoms with van der Waals surface area (Å²) in [5.41, 5.74) is 1.52. The Morgan fingerprint density at radius 3 is 2.42 bits per heavy atom. The molecule has 0 aliphatic heterocycles. The molecule has 0 aromatic carbocycles. The van der Waals surface area contributed by atoms with Crippen LogP contribution < -0.4 is 0 Å². The van der Waals surface area contributed by atoms with Crippen LogP contribution in [0, 0.1) is 0 Å². The molecule has 0 fully saturated rings. The first-order valence-electron chi connectivity index (χ1n) is 4.73. The maximum Gasteiger partial charge on any atom is 0.00736 e. The normalized spacial score (nSPS) is 13.8. The second kappa shape index (κ2) is 4.08. The lowest BCUT2D eigenvalue weighted by Gasteiger charge is -2.04. The first kappa shape index (κ1) is 9.79. The van der Waals surface area contributed by atoms with Gasteiger partial charge in [0.1, 0.15) is 0 Å². The zero-order chi connectivity index (χ0) is 9.14. The summed E-state index contributed by atoms with van der Waals surface area (Å²) in [6.07, 6.45) is 1.24. The minimum atomic E-state index is 0.688. The van der Waals surface area contributed by atoms with Gasteiger partial charge < -0.3 is 0 Å². The molecule has 1 aromatic rings. The van der Waals surface area contributed by atoms with E-state index in [1.165, 1.54) is 16.9 Å². The van der Waals surface area contributed by atoms with Gasteiger partial charge in [-0.05, 0) is 35.3 Å². The molecular weight excluding hydrogens is 164 g/mol. The lowest BCUT2D eigenvalue weighted by atomic mass is 10.0. The van der Waals surface area contributed by atoms with Gasteiger partial charge in [-0.3, -0.25) is 0 Å². The van der Waals surface area contributed by atoms with Crippen LogP contribution >= 0.6 is 11.3 Å². The summed E-state index contributed by atoms with van der Waals surface area (Å²) in [4.78, 5) is 1.52. The van der Waals surface area contributed by atoms with E-state index in [-0.39, 0.29) is 0 Å². The smallest absolute Gasteiger partial charge is 0.00736 e. The van der Waals surface area contributed by atoms with E-state index >= 15 is 0 Å². The maximum absolute atomic E-state index is 2.36. The largest absolute Gasteiger partial charge is 0.148 e. The van der Waals surface area contributed by atoms with Crippen molar-refractivity contribution in [1.82, 2.24) is 0 Å². The van der Waals surface area contributed by atoms with Crippen molar-refractivity contribution >= 4 is 11.3 Å². The van der Waals surface area contributed by atoms with Crippen LogP contribution in [0.2, 0.25) is 0 Å². The predicted molar refractivity (Wildman–Crippen MR) is 57.1 cm³/mol. The van der Waals surface area contributed by atoms with E-state index in [0.29, 0.717) is 5.92 Å². The highest BCUT2D eigenvalue weighted by Crippen LogP contribution is 2.28. The van der Waals surface area contributed by atoms with Crippen LogP contribution in [0.5, 0.6) is 0 Å². The molecule has 68 valence electrons. The van der Waals surface area contributed by atoms with Gasteiger partial charge in [0, 0.05) is 4.88 Å². The number of rotatable bonds is 3. The SMILES string of the molecule is CCC(C)c1csc(C(C)C)c1. The lowest BCUT2D eigenvalue weighted by Crippen LogP contribution is -1.87. The second-order valence-electron chi connectivity index (χ2n) is 3.75. The molecule has 1 rings (SSSR count). The van der Waals surface area contributed by atoms with Crippen molar-refractivity contribution in [1.29, 1.82) is 0 Å². The molecule has 1 heterocycles. The van der Waals surface area contributed by atoms with Crippen molar-refractivity contribution in [2.24, 2.45) is 0 Å². The third-order valence-electron chi connectivity index (χ3n) is 2.39. The second-order valence-corrected chi connectivity index (χ2v) is 4.69. The van der Waals surface area contributed by atoms with Crippen molar-refractivity contribution in [2.45, 2.75) is 46.0 Å². The Morgan fingerprint density at radius 2 is 2.00 bits per heavy atom. The van der Waals surface area contributed by atoms with Gasteiger partial charge >= 0.3 is 0 Å². The third kappa shape index (κ3) is 2.10. The van der Waals surface area contributed by atoms with Crippen LogP contribution in [-0.2, 0) is 0 Å². The van der Waals surface area contributed by atoms with Crippen molar-refractivity contribution in [3.8, 4) is 0 Å². The van der Waals surface area contributed by atoms with Gasteiger partial charge in [0.15, 0.2) is 0 Å². The lowest BCUT2D eigenvalue weighted by molar-refractivity contribution is 0.734. The highest BCUT2D eigenvalue weighted by Gasteiger charge is 2.07. The molecule has 1 unspecified atom stereocenters. The third-order valence-corrected chi connectivity index (χ3v) is 3.64. The monoisotopic (exact) mass is 182 g/mol. The molecule has 12 heavy (non-hydrogen) atoms. The highest BCUT2D eigenvalue weighted by molar-refractivity contribution is 7.10. The Bertz CT molecular complexity index is 235. The molecule has 1 heteroatoms. The van der Waals surface area contributed by atoms with Crippen molar-refractivity contribution in [2.75, 3.05) is 0 Å². The van der Waals surface area contributed by atoms with E-state index in [4.69, 9.17) is 0 Å². The molecule has 0 spiro atoms. The fraction of sp³-hybridized carbons (Fsp3) is 0.636. The summed E-state index contributed by atoms with van der Waals surface area (Å²) < 4.78 is 0. The van der Waals surface area contributed by atoms with Gasteiger partial charge in [-0.2, -0.15) is 0 Å². The van der Waals surface area contributed by atoms with E-state index < -0.39 is 0 Å². The summed E-state index contributed by atoms with van der Waals surface area (Å²) in [6.45, 7) is 9.06. The van der Waals surface area contributed by atoms with Crippen molar-refractivity contribution in [3.63, 3.8) is 0 Å². The van der Waals surface area contributed by atoms with E-state index in [9.17, 15) is 0 Å². The van der Waals surface area contributed by atoms with Crippen molar-refractivity contribution in [3.05, 3.63) is 21.9 Å². The van der Waals surface area contributed by atoms with Crippen LogP contribution in [0.3, 0.4) is 0 Å². The molecular formula is C11H18S. The molecule has 0 N–H and O–H groups in total. The summed E-state index contributed by atoms with van der Waals surface area (Å²) in [5.74, 6) is 1.42. The molecule has 0 aliphatic rings. The Kier molecular flexibility index (Phi) is 3.33. The van der Waals surface area contributed by atoms with E-state index in [2.05, 4.69) is 39.1 Å². The van der Waals surface area contributed by atoms with Gasteiger partial charge in [0.25, 0.3) is 0 Å². The first-order chi connectivity index (χ1) is 5.65. The molecule has 0 amide bonds. The average Bonchev–Trinajstić information content (AvgIpc) is 2.51. The zero-order valence-corrected chi connectivity index (χ0v) is 9.24. The standard InChI is InChI=1S/C11H18S/c1-5-9(4)10-6-11(8(2)3)12-7-10/h6-9H,5H2,1-4H3. The highest BCUT2D eigenvalue weighted by atomic mass is 32.1. The Balaban J connectivity index is 2.77. The van der Waals surface area contributed by atoms with Crippen LogP contribution in [0.15, 0.2) is 11.4 Å². The van der Waals surface area contributed by atoms with Gasteiger partial charge in [-0.25, -0.2) is 0 Å². The van der Waals surface area contributed by atoms with Crippen LogP contribution in [0.1, 0.15) is 56.4 Å². The first-order valence-corrected chi connectivity index (χ1v) is 5.61. The fourth-order valence-corrected chi connectivity index (χ4v) is 2.21. The molecule has 1 atom stereocenters. The Labute approximate surface area is 79.6 Å². The molecule has 0 aliphatic carbocycles. The number of hydrogen-bond donors (Lipinski definition) is 0. The van der Waals surface area contributed by atoms with E-state index in [1.807, 2.05) is 11.3 Å². The summed E-state index contributed by atoms with van der Waals surface area (Å²) in [5, 5.41) is 2.31.